The van der Waals surface area contributed by atoms with E-state index in [1.54, 1.807) is 6.20 Å². The Morgan fingerprint density at radius 2 is 1.90 bits per heavy atom. The van der Waals surface area contributed by atoms with Crippen LogP contribution >= 0.6 is 0 Å². The molecule has 1 aliphatic heterocycles. The number of nitrogens with zero attached hydrogens (tertiary/aromatic N) is 2. The van der Waals surface area contributed by atoms with E-state index in [9.17, 15) is 5.11 Å². The van der Waals surface area contributed by atoms with Gasteiger partial charge >= 0.3 is 7.12 Å². The van der Waals surface area contributed by atoms with Crippen molar-refractivity contribution in [1.82, 2.24) is 9.78 Å². The van der Waals surface area contributed by atoms with Crippen LogP contribution in [0.4, 0.5) is 0 Å². The van der Waals surface area contributed by atoms with Crippen LogP contribution < -0.4 is 5.46 Å². The molecule has 0 unspecified atom stereocenters. The molecule has 1 N–H and O–H groups in total. The highest BCUT2D eigenvalue weighted by molar-refractivity contribution is 6.61. The number of hydrogen-bond donors (Lipinski definition) is 1. The van der Waals surface area contributed by atoms with Crippen molar-refractivity contribution in [3.63, 3.8) is 0 Å². The van der Waals surface area contributed by atoms with Crippen molar-refractivity contribution in [1.29, 1.82) is 0 Å². The monoisotopic (exact) mass is 278 g/mol. The molecule has 3 rings (SSSR count). The van der Waals surface area contributed by atoms with E-state index < -0.39 is 0 Å². The third-order valence-electron chi connectivity index (χ3n) is 4.93. The molecule has 2 fully saturated rings. The van der Waals surface area contributed by atoms with Crippen molar-refractivity contribution in [3.8, 4) is 0 Å². The van der Waals surface area contributed by atoms with Crippen molar-refractivity contribution in [2.75, 3.05) is 0 Å². The van der Waals surface area contributed by atoms with E-state index in [0.29, 0.717) is 0 Å². The summed E-state index contributed by atoms with van der Waals surface area (Å²) in [6.07, 6.45) is 6.33. The summed E-state index contributed by atoms with van der Waals surface area (Å²) < 4.78 is 13.9. The molecular formula is C14H23BN2O3. The quantitative estimate of drug-likeness (QED) is 0.828. The Balaban J connectivity index is 1.78. The highest BCUT2D eigenvalue weighted by Gasteiger charge is 2.52. The fourth-order valence-corrected chi connectivity index (χ4v) is 2.86. The molecule has 1 aromatic rings. The zero-order valence-electron chi connectivity index (χ0n) is 12.7. The minimum Gasteiger partial charge on any atom is -0.399 e. The van der Waals surface area contributed by atoms with Crippen LogP contribution in [0.1, 0.15) is 53.0 Å². The van der Waals surface area contributed by atoms with E-state index in [1.165, 1.54) is 0 Å². The molecule has 0 amide bonds. The molecular weight excluding hydrogens is 255 g/mol. The van der Waals surface area contributed by atoms with Crippen molar-refractivity contribution in [3.05, 3.63) is 12.4 Å². The number of rotatable bonds is 2. The second kappa shape index (κ2) is 4.58. The van der Waals surface area contributed by atoms with Crippen LogP contribution in [0.15, 0.2) is 12.4 Å². The molecule has 0 bridgehead atoms. The fourth-order valence-electron chi connectivity index (χ4n) is 2.86. The largest absolute Gasteiger partial charge is 0.498 e. The van der Waals surface area contributed by atoms with E-state index >= 15 is 0 Å². The lowest BCUT2D eigenvalue weighted by atomic mass is 9.82. The topological polar surface area (TPSA) is 56.5 Å². The zero-order valence-corrected chi connectivity index (χ0v) is 12.7. The molecule has 5 nitrogen and oxygen atoms in total. The van der Waals surface area contributed by atoms with Crippen molar-refractivity contribution in [2.45, 2.75) is 70.3 Å². The van der Waals surface area contributed by atoms with Crippen LogP contribution in [0.5, 0.6) is 0 Å². The molecule has 6 heteroatoms. The molecule has 1 aromatic heterocycles. The maximum atomic E-state index is 9.96. The summed E-state index contributed by atoms with van der Waals surface area (Å²) in [5.74, 6) is 0. The summed E-state index contributed by atoms with van der Waals surface area (Å²) in [5.41, 5.74) is 0.238. The van der Waals surface area contributed by atoms with Crippen molar-refractivity contribution < 1.29 is 14.4 Å². The Morgan fingerprint density at radius 3 is 2.45 bits per heavy atom. The summed E-state index contributed by atoms with van der Waals surface area (Å²) in [6, 6.07) is 0.0890. The molecule has 0 spiro atoms. The SMILES string of the molecule is CC1(C)OB(c2cnn([C@H]3CCC[C@@H]3O)c2)OC1(C)C. The Labute approximate surface area is 120 Å². The third-order valence-corrected chi connectivity index (χ3v) is 4.93. The van der Waals surface area contributed by atoms with Crippen LogP contribution in [0.25, 0.3) is 0 Å². The summed E-state index contributed by atoms with van der Waals surface area (Å²) in [5, 5.41) is 14.3. The lowest BCUT2D eigenvalue weighted by molar-refractivity contribution is 0.00578. The number of hydrogen-bond acceptors (Lipinski definition) is 4. The Bertz CT molecular complexity index is 484. The van der Waals surface area contributed by atoms with Gasteiger partial charge in [0.25, 0.3) is 0 Å². The van der Waals surface area contributed by atoms with Gasteiger partial charge < -0.3 is 14.4 Å². The first kappa shape index (κ1) is 14.1. The molecule has 20 heavy (non-hydrogen) atoms. The fraction of sp³-hybridized carbons (Fsp3) is 0.786. The summed E-state index contributed by atoms with van der Waals surface area (Å²) in [4.78, 5) is 0. The maximum absolute atomic E-state index is 9.96. The van der Waals surface area contributed by atoms with Gasteiger partial charge in [-0.1, -0.05) is 0 Å². The second-order valence-corrected chi connectivity index (χ2v) is 6.91. The minimum absolute atomic E-state index is 0.0890. The van der Waals surface area contributed by atoms with Crippen LogP contribution in [0, 0.1) is 0 Å². The zero-order chi connectivity index (χ0) is 14.5. The summed E-state index contributed by atoms with van der Waals surface area (Å²) in [6.45, 7) is 8.16. The van der Waals surface area contributed by atoms with Gasteiger partial charge in [0.05, 0.1) is 23.3 Å². The number of aliphatic hydroxyl groups excluding tert-OH is 1. The predicted molar refractivity (Wildman–Crippen MR) is 76.8 cm³/mol. The lowest BCUT2D eigenvalue weighted by Crippen LogP contribution is -2.41. The van der Waals surface area contributed by atoms with Gasteiger partial charge in [0, 0.05) is 17.9 Å². The third kappa shape index (κ3) is 2.20. The standard InChI is InChI=1S/C14H23BN2O3/c1-13(2)14(3,4)20-15(19-13)10-8-16-17(9-10)11-6-5-7-12(11)18/h8-9,11-12,18H,5-7H2,1-4H3/t11-,12-/m0/s1. The summed E-state index contributed by atoms with van der Waals surface area (Å²) in [7, 11) is -0.382. The van der Waals surface area contributed by atoms with Gasteiger partial charge in [0.15, 0.2) is 0 Å². The average Bonchev–Trinajstić information content (AvgIpc) is 2.98. The maximum Gasteiger partial charge on any atom is 0.498 e. The molecule has 1 saturated heterocycles. The van der Waals surface area contributed by atoms with Gasteiger partial charge in [-0.3, -0.25) is 4.68 Å². The first-order chi connectivity index (χ1) is 9.30. The van der Waals surface area contributed by atoms with Gasteiger partial charge in [0.2, 0.25) is 0 Å². The van der Waals surface area contributed by atoms with E-state index in [-0.39, 0.29) is 30.5 Å². The molecule has 110 valence electrons. The Morgan fingerprint density at radius 1 is 1.25 bits per heavy atom. The Kier molecular flexibility index (Phi) is 3.23. The van der Waals surface area contributed by atoms with Crippen LogP contribution in [0.2, 0.25) is 0 Å². The Hall–Kier alpha value is -0.845. The molecule has 1 saturated carbocycles. The molecule has 2 aliphatic rings. The van der Waals surface area contributed by atoms with E-state index in [4.69, 9.17) is 9.31 Å². The average molecular weight is 278 g/mol. The molecule has 2 atom stereocenters. The van der Waals surface area contributed by atoms with Crippen molar-refractivity contribution in [2.24, 2.45) is 0 Å². The second-order valence-electron chi connectivity index (χ2n) is 6.91. The number of aromatic nitrogens is 2. The van der Waals surface area contributed by atoms with Crippen LogP contribution in [0.3, 0.4) is 0 Å². The first-order valence-corrected chi connectivity index (χ1v) is 7.38. The lowest BCUT2D eigenvalue weighted by Gasteiger charge is -2.32. The van der Waals surface area contributed by atoms with E-state index in [2.05, 4.69) is 5.10 Å². The van der Waals surface area contributed by atoms with Gasteiger partial charge in [0.1, 0.15) is 0 Å². The van der Waals surface area contributed by atoms with Crippen LogP contribution in [-0.2, 0) is 9.31 Å². The van der Waals surface area contributed by atoms with Crippen LogP contribution in [-0.4, -0.2) is 39.3 Å². The van der Waals surface area contributed by atoms with Gasteiger partial charge in [-0.15, -0.1) is 0 Å². The van der Waals surface area contributed by atoms with E-state index in [0.717, 1.165) is 24.7 Å². The van der Waals surface area contributed by atoms with Gasteiger partial charge in [-0.05, 0) is 47.0 Å². The van der Waals surface area contributed by atoms with E-state index in [1.807, 2.05) is 38.6 Å². The van der Waals surface area contributed by atoms with Gasteiger partial charge in [-0.2, -0.15) is 5.10 Å². The summed E-state index contributed by atoms with van der Waals surface area (Å²) >= 11 is 0. The highest BCUT2D eigenvalue weighted by atomic mass is 16.7. The smallest absolute Gasteiger partial charge is 0.399 e. The minimum atomic E-state index is -0.382. The normalized spacial score (nSPS) is 31.9. The molecule has 0 radical (unpaired) electrons. The van der Waals surface area contributed by atoms with Gasteiger partial charge in [-0.25, -0.2) is 0 Å². The predicted octanol–water partition coefficient (Wildman–Crippen LogP) is 1.27. The first-order valence-electron chi connectivity index (χ1n) is 7.38. The molecule has 0 aromatic carbocycles. The number of aliphatic hydroxyl groups is 1. The molecule has 2 heterocycles. The highest BCUT2D eigenvalue weighted by Crippen LogP contribution is 2.36. The molecule has 1 aliphatic carbocycles. The van der Waals surface area contributed by atoms with Crippen molar-refractivity contribution >= 4 is 12.6 Å².